The van der Waals surface area contributed by atoms with Gasteiger partial charge in [0.15, 0.2) is 0 Å². The van der Waals surface area contributed by atoms with Gasteiger partial charge in [-0.2, -0.15) is 0 Å². The van der Waals surface area contributed by atoms with Gasteiger partial charge >= 0.3 is 0 Å². The average Bonchev–Trinajstić information content (AvgIpc) is 2.97. The zero-order valence-electron chi connectivity index (χ0n) is 22.6. The standard InChI is InChI=1S/C31H40N2O5/c1-32(2)29-12-8-27(9-13-29)31(34,26-6-4-3-5-7-26)28-10-14-30(15-11-28)33-16-18-35-20-22-37-24-25-38-23-21-36-19-17-33/h3-15,34H,16-25H2,1-2H3. The van der Waals surface area contributed by atoms with Crippen LogP contribution in [0.15, 0.2) is 78.9 Å². The van der Waals surface area contributed by atoms with Crippen molar-refractivity contribution in [3.63, 3.8) is 0 Å². The molecule has 0 amide bonds. The van der Waals surface area contributed by atoms with E-state index in [0.29, 0.717) is 52.9 Å². The van der Waals surface area contributed by atoms with Gasteiger partial charge in [-0.3, -0.25) is 0 Å². The zero-order chi connectivity index (χ0) is 26.6. The SMILES string of the molecule is CN(C)c1ccc(C(O)(c2ccccc2)c2ccc(N3CCOCCOCCOCCOCC3)cc2)cc1. The second-order valence-electron chi connectivity index (χ2n) is 9.50. The molecule has 1 fully saturated rings. The van der Waals surface area contributed by atoms with Gasteiger partial charge in [0.1, 0.15) is 5.60 Å². The first kappa shape index (κ1) is 28.1. The lowest BCUT2D eigenvalue weighted by Crippen LogP contribution is -2.32. The molecule has 3 aromatic carbocycles. The summed E-state index contributed by atoms with van der Waals surface area (Å²) in [6, 6.07) is 26.1. The van der Waals surface area contributed by atoms with Gasteiger partial charge < -0.3 is 33.9 Å². The number of hydrogen-bond donors (Lipinski definition) is 1. The Morgan fingerprint density at radius 3 is 1.47 bits per heavy atom. The molecule has 1 aliphatic heterocycles. The average molecular weight is 521 g/mol. The third-order valence-corrected chi connectivity index (χ3v) is 6.77. The summed E-state index contributed by atoms with van der Waals surface area (Å²) in [6.45, 7) is 6.00. The van der Waals surface area contributed by atoms with Crippen molar-refractivity contribution in [1.82, 2.24) is 0 Å². The maximum atomic E-state index is 12.2. The van der Waals surface area contributed by atoms with Crippen LogP contribution in [0.3, 0.4) is 0 Å². The molecule has 38 heavy (non-hydrogen) atoms. The molecule has 0 radical (unpaired) electrons. The highest BCUT2D eigenvalue weighted by atomic mass is 16.6. The van der Waals surface area contributed by atoms with Gasteiger partial charge in [0.25, 0.3) is 0 Å². The highest BCUT2D eigenvalue weighted by molar-refractivity contribution is 5.55. The Kier molecular flexibility index (Phi) is 10.6. The van der Waals surface area contributed by atoms with Crippen LogP contribution in [0, 0.1) is 0 Å². The van der Waals surface area contributed by atoms with Crippen molar-refractivity contribution in [3.05, 3.63) is 95.6 Å². The number of ether oxygens (including phenoxy) is 4. The van der Waals surface area contributed by atoms with Gasteiger partial charge in [0.2, 0.25) is 0 Å². The van der Waals surface area contributed by atoms with Crippen LogP contribution in [0.25, 0.3) is 0 Å². The van der Waals surface area contributed by atoms with Crippen molar-refractivity contribution < 1.29 is 24.1 Å². The van der Waals surface area contributed by atoms with Gasteiger partial charge in [0.05, 0.1) is 52.9 Å². The Labute approximate surface area is 226 Å². The van der Waals surface area contributed by atoms with Crippen molar-refractivity contribution in [1.29, 1.82) is 0 Å². The monoisotopic (exact) mass is 520 g/mol. The van der Waals surface area contributed by atoms with Crippen molar-refractivity contribution >= 4 is 11.4 Å². The van der Waals surface area contributed by atoms with E-state index in [2.05, 4.69) is 21.9 Å². The highest BCUT2D eigenvalue weighted by Gasteiger charge is 2.33. The van der Waals surface area contributed by atoms with E-state index in [1.165, 1.54) is 0 Å². The maximum Gasteiger partial charge on any atom is 0.140 e. The van der Waals surface area contributed by atoms with Crippen LogP contribution in [0.5, 0.6) is 0 Å². The van der Waals surface area contributed by atoms with E-state index in [9.17, 15) is 5.11 Å². The first-order valence-corrected chi connectivity index (χ1v) is 13.3. The fourth-order valence-electron chi connectivity index (χ4n) is 4.57. The smallest absolute Gasteiger partial charge is 0.140 e. The fraction of sp³-hybridized carbons (Fsp3) is 0.419. The molecule has 204 valence electrons. The molecular weight excluding hydrogens is 480 g/mol. The minimum absolute atomic E-state index is 0.556. The number of aliphatic hydroxyl groups is 1. The van der Waals surface area contributed by atoms with Crippen LogP contribution in [0.4, 0.5) is 11.4 Å². The predicted octanol–water partition coefficient (Wildman–Crippen LogP) is 3.92. The minimum atomic E-state index is -1.28. The predicted molar refractivity (Wildman–Crippen MR) is 151 cm³/mol. The van der Waals surface area contributed by atoms with E-state index in [1.54, 1.807) is 0 Å². The lowest BCUT2D eigenvalue weighted by molar-refractivity contribution is 0.00206. The van der Waals surface area contributed by atoms with Crippen LogP contribution >= 0.6 is 0 Å². The molecule has 3 aromatic rings. The third-order valence-electron chi connectivity index (χ3n) is 6.77. The fourth-order valence-corrected chi connectivity index (χ4v) is 4.57. The van der Waals surface area contributed by atoms with E-state index >= 15 is 0 Å². The van der Waals surface area contributed by atoms with Crippen molar-refractivity contribution in [2.24, 2.45) is 0 Å². The van der Waals surface area contributed by atoms with Crippen molar-refractivity contribution in [2.75, 3.05) is 89.8 Å². The summed E-state index contributed by atoms with van der Waals surface area (Å²) in [5.41, 5.74) is 3.31. The normalized spacial score (nSPS) is 18.1. The van der Waals surface area contributed by atoms with Crippen LogP contribution in [-0.4, -0.2) is 85.1 Å². The Hall–Kier alpha value is -2.94. The summed E-state index contributed by atoms with van der Waals surface area (Å²) in [5.74, 6) is 0. The van der Waals surface area contributed by atoms with Crippen LogP contribution in [0.2, 0.25) is 0 Å². The summed E-state index contributed by atoms with van der Waals surface area (Å²) in [5, 5.41) is 12.2. The molecule has 0 spiro atoms. The van der Waals surface area contributed by atoms with Crippen LogP contribution < -0.4 is 9.80 Å². The molecule has 0 aliphatic carbocycles. The minimum Gasteiger partial charge on any atom is -0.378 e. The summed E-state index contributed by atoms with van der Waals surface area (Å²) < 4.78 is 22.6. The highest BCUT2D eigenvalue weighted by Crippen LogP contribution is 2.38. The topological polar surface area (TPSA) is 63.6 Å². The molecule has 7 nitrogen and oxygen atoms in total. The molecular formula is C31H40N2O5. The Balaban J connectivity index is 1.56. The Morgan fingerprint density at radius 2 is 1.00 bits per heavy atom. The molecule has 1 heterocycles. The summed E-state index contributed by atoms with van der Waals surface area (Å²) in [4.78, 5) is 4.30. The molecule has 1 saturated heterocycles. The molecule has 1 atom stereocenters. The molecule has 0 saturated carbocycles. The Morgan fingerprint density at radius 1 is 0.579 bits per heavy atom. The van der Waals surface area contributed by atoms with E-state index < -0.39 is 5.60 Å². The quantitative estimate of drug-likeness (QED) is 0.512. The molecule has 0 bridgehead atoms. The van der Waals surface area contributed by atoms with Crippen LogP contribution in [-0.2, 0) is 24.5 Å². The number of benzene rings is 3. The third kappa shape index (κ3) is 7.34. The number of rotatable bonds is 5. The largest absolute Gasteiger partial charge is 0.378 e. The van der Waals surface area contributed by atoms with Crippen molar-refractivity contribution in [3.8, 4) is 0 Å². The lowest BCUT2D eigenvalue weighted by Gasteiger charge is -2.31. The molecule has 1 unspecified atom stereocenters. The molecule has 7 heteroatoms. The van der Waals surface area contributed by atoms with Gasteiger partial charge in [0, 0.05) is 38.6 Å². The van der Waals surface area contributed by atoms with Gasteiger partial charge in [-0.1, -0.05) is 54.6 Å². The number of hydrogen-bond acceptors (Lipinski definition) is 7. The molecule has 4 rings (SSSR count). The van der Waals surface area contributed by atoms with E-state index in [0.717, 1.165) is 41.2 Å². The van der Waals surface area contributed by atoms with Gasteiger partial charge in [-0.15, -0.1) is 0 Å². The number of anilines is 2. The molecule has 1 N–H and O–H groups in total. The van der Waals surface area contributed by atoms with Crippen molar-refractivity contribution in [2.45, 2.75) is 5.60 Å². The summed E-state index contributed by atoms with van der Waals surface area (Å²) in [6.07, 6.45) is 0. The van der Waals surface area contributed by atoms with E-state index in [-0.39, 0.29) is 0 Å². The van der Waals surface area contributed by atoms with E-state index in [4.69, 9.17) is 18.9 Å². The van der Waals surface area contributed by atoms with E-state index in [1.807, 2.05) is 80.8 Å². The Bertz CT molecular complexity index is 1060. The molecule has 1 aliphatic rings. The summed E-state index contributed by atoms with van der Waals surface area (Å²) in [7, 11) is 4.02. The second kappa shape index (κ2) is 14.3. The first-order chi connectivity index (χ1) is 18.6. The van der Waals surface area contributed by atoms with Crippen LogP contribution in [0.1, 0.15) is 16.7 Å². The second-order valence-corrected chi connectivity index (χ2v) is 9.50. The number of nitrogens with zero attached hydrogens (tertiary/aromatic N) is 2. The lowest BCUT2D eigenvalue weighted by atomic mass is 9.80. The first-order valence-electron chi connectivity index (χ1n) is 13.3. The van der Waals surface area contributed by atoms with Gasteiger partial charge in [-0.05, 0) is 41.0 Å². The molecule has 0 aromatic heterocycles. The maximum absolute atomic E-state index is 12.2. The summed E-state index contributed by atoms with van der Waals surface area (Å²) >= 11 is 0. The van der Waals surface area contributed by atoms with Gasteiger partial charge in [-0.25, -0.2) is 0 Å². The zero-order valence-corrected chi connectivity index (χ0v) is 22.6.